The minimum atomic E-state index is -0.278. The molecule has 0 saturated carbocycles. The zero-order valence-electron chi connectivity index (χ0n) is 14.6. The predicted molar refractivity (Wildman–Crippen MR) is 105 cm³/mol. The predicted octanol–water partition coefficient (Wildman–Crippen LogP) is 3.28. The Balaban J connectivity index is 1.45. The summed E-state index contributed by atoms with van der Waals surface area (Å²) in [5.74, 6) is -0.506. The van der Waals surface area contributed by atoms with Crippen molar-refractivity contribution in [3.8, 4) is 0 Å². The Morgan fingerprint density at radius 3 is 2.30 bits per heavy atom. The summed E-state index contributed by atoms with van der Waals surface area (Å²) in [6.07, 6.45) is 1.74. The first kappa shape index (κ1) is 18.7. The zero-order chi connectivity index (χ0) is 18.9. The van der Waals surface area contributed by atoms with Crippen molar-refractivity contribution >= 4 is 23.6 Å². The fourth-order valence-corrected chi connectivity index (χ4v) is 3.10. The van der Waals surface area contributed by atoms with Gasteiger partial charge in [-0.15, -0.1) is 0 Å². The monoisotopic (exact) mass is 377 g/mol. The molecule has 3 rings (SSSR count). The van der Waals surface area contributed by atoms with E-state index in [1.807, 2.05) is 60.7 Å². The SMILES string of the molecule is O=C(CNC(=O)c1ccc(Sc2ccccn2)cc1)NCc1ccccc1. The minimum absolute atomic E-state index is 0.0594. The topological polar surface area (TPSA) is 71.1 Å². The number of carbonyl (C=O) groups excluding carboxylic acids is 2. The second-order valence-electron chi connectivity index (χ2n) is 5.74. The first-order valence-electron chi connectivity index (χ1n) is 8.48. The maximum Gasteiger partial charge on any atom is 0.251 e. The molecule has 0 aliphatic heterocycles. The van der Waals surface area contributed by atoms with Gasteiger partial charge in [-0.1, -0.05) is 48.2 Å². The third-order valence-electron chi connectivity index (χ3n) is 3.72. The van der Waals surface area contributed by atoms with Gasteiger partial charge in [-0.3, -0.25) is 9.59 Å². The summed E-state index contributed by atoms with van der Waals surface area (Å²) >= 11 is 1.52. The number of carbonyl (C=O) groups is 2. The zero-order valence-corrected chi connectivity index (χ0v) is 15.4. The minimum Gasteiger partial charge on any atom is -0.350 e. The molecule has 27 heavy (non-hydrogen) atoms. The number of nitrogens with one attached hydrogen (secondary N) is 2. The van der Waals surface area contributed by atoms with Crippen LogP contribution in [0.2, 0.25) is 0 Å². The average Bonchev–Trinajstić information content (AvgIpc) is 2.72. The molecule has 3 aromatic rings. The fourth-order valence-electron chi connectivity index (χ4n) is 2.32. The van der Waals surface area contributed by atoms with Gasteiger partial charge in [0.25, 0.3) is 5.91 Å². The van der Waals surface area contributed by atoms with Gasteiger partial charge in [0.15, 0.2) is 0 Å². The number of aromatic nitrogens is 1. The summed E-state index contributed by atoms with van der Waals surface area (Å²) in [5, 5.41) is 6.31. The smallest absolute Gasteiger partial charge is 0.251 e. The van der Waals surface area contributed by atoms with Crippen molar-refractivity contribution in [2.75, 3.05) is 6.54 Å². The van der Waals surface area contributed by atoms with E-state index in [0.717, 1.165) is 15.5 Å². The van der Waals surface area contributed by atoms with Crippen molar-refractivity contribution in [2.24, 2.45) is 0 Å². The van der Waals surface area contributed by atoms with Gasteiger partial charge in [-0.25, -0.2) is 4.98 Å². The van der Waals surface area contributed by atoms with Crippen molar-refractivity contribution in [3.63, 3.8) is 0 Å². The molecule has 5 nitrogen and oxygen atoms in total. The average molecular weight is 377 g/mol. The van der Waals surface area contributed by atoms with E-state index in [9.17, 15) is 9.59 Å². The second kappa shape index (κ2) is 9.54. The van der Waals surface area contributed by atoms with E-state index in [1.54, 1.807) is 18.3 Å². The quantitative estimate of drug-likeness (QED) is 0.663. The highest BCUT2D eigenvalue weighted by molar-refractivity contribution is 7.99. The van der Waals surface area contributed by atoms with Crippen LogP contribution in [0.4, 0.5) is 0 Å². The van der Waals surface area contributed by atoms with Gasteiger partial charge in [0.2, 0.25) is 5.91 Å². The number of pyridine rings is 1. The Morgan fingerprint density at radius 1 is 0.852 bits per heavy atom. The fraction of sp³-hybridized carbons (Fsp3) is 0.0952. The molecular weight excluding hydrogens is 358 g/mol. The summed E-state index contributed by atoms with van der Waals surface area (Å²) in [6.45, 7) is 0.380. The van der Waals surface area contributed by atoms with E-state index >= 15 is 0 Å². The molecule has 1 aromatic heterocycles. The first-order chi connectivity index (χ1) is 13.2. The molecule has 1 heterocycles. The number of nitrogens with zero attached hydrogens (tertiary/aromatic N) is 1. The molecule has 0 atom stereocenters. The van der Waals surface area contributed by atoms with Crippen LogP contribution in [-0.2, 0) is 11.3 Å². The Bertz CT molecular complexity index is 884. The summed E-state index contributed by atoms with van der Waals surface area (Å²) in [5.41, 5.74) is 1.52. The largest absolute Gasteiger partial charge is 0.350 e. The standard InChI is InChI=1S/C21H19N3O2S/c25-19(23-14-16-6-2-1-3-7-16)15-24-21(26)17-9-11-18(12-10-17)27-20-8-4-5-13-22-20/h1-13H,14-15H2,(H,23,25)(H,24,26). The first-order valence-corrected chi connectivity index (χ1v) is 9.30. The molecule has 0 aliphatic carbocycles. The lowest BCUT2D eigenvalue weighted by molar-refractivity contribution is -0.120. The normalized spacial score (nSPS) is 10.2. The Hall–Kier alpha value is -3.12. The van der Waals surface area contributed by atoms with Crippen LogP contribution < -0.4 is 10.6 Å². The molecule has 6 heteroatoms. The van der Waals surface area contributed by atoms with Gasteiger partial charge in [0.05, 0.1) is 6.54 Å². The Kier molecular flexibility index (Phi) is 6.60. The van der Waals surface area contributed by atoms with Gasteiger partial charge in [0, 0.05) is 23.2 Å². The number of amides is 2. The number of benzene rings is 2. The molecule has 0 radical (unpaired) electrons. The molecule has 2 aromatic carbocycles. The van der Waals surface area contributed by atoms with Crippen molar-refractivity contribution in [1.82, 2.24) is 15.6 Å². The summed E-state index contributed by atoms with van der Waals surface area (Å²) in [4.78, 5) is 29.3. The third-order valence-corrected chi connectivity index (χ3v) is 4.68. The summed E-state index contributed by atoms with van der Waals surface area (Å²) in [6, 6.07) is 22.6. The van der Waals surface area contributed by atoms with E-state index in [4.69, 9.17) is 0 Å². The maximum absolute atomic E-state index is 12.2. The molecule has 136 valence electrons. The van der Waals surface area contributed by atoms with Crippen LogP contribution in [0.3, 0.4) is 0 Å². The molecule has 0 spiro atoms. The molecule has 0 bridgehead atoms. The summed E-state index contributed by atoms with van der Waals surface area (Å²) in [7, 11) is 0. The Morgan fingerprint density at radius 2 is 1.59 bits per heavy atom. The number of hydrogen-bond donors (Lipinski definition) is 2. The van der Waals surface area contributed by atoms with E-state index in [0.29, 0.717) is 12.1 Å². The van der Waals surface area contributed by atoms with Crippen molar-refractivity contribution < 1.29 is 9.59 Å². The Labute approximate surface area is 162 Å². The van der Waals surface area contributed by atoms with Crippen LogP contribution in [0.5, 0.6) is 0 Å². The molecule has 0 saturated heterocycles. The van der Waals surface area contributed by atoms with Gasteiger partial charge in [-0.2, -0.15) is 0 Å². The molecule has 2 amide bonds. The van der Waals surface area contributed by atoms with Crippen LogP contribution in [0.15, 0.2) is 88.9 Å². The molecular formula is C21H19N3O2S. The van der Waals surface area contributed by atoms with Crippen LogP contribution in [-0.4, -0.2) is 23.3 Å². The lowest BCUT2D eigenvalue weighted by atomic mass is 10.2. The molecule has 0 fully saturated rings. The van der Waals surface area contributed by atoms with Crippen molar-refractivity contribution in [1.29, 1.82) is 0 Å². The van der Waals surface area contributed by atoms with Gasteiger partial charge >= 0.3 is 0 Å². The van der Waals surface area contributed by atoms with Gasteiger partial charge in [-0.05, 0) is 42.0 Å². The lowest BCUT2D eigenvalue weighted by Crippen LogP contribution is -2.36. The maximum atomic E-state index is 12.2. The highest BCUT2D eigenvalue weighted by atomic mass is 32.2. The van der Waals surface area contributed by atoms with Gasteiger partial charge in [0.1, 0.15) is 5.03 Å². The van der Waals surface area contributed by atoms with Crippen LogP contribution in [0.25, 0.3) is 0 Å². The molecule has 2 N–H and O–H groups in total. The highest BCUT2D eigenvalue weighted by Crippen LogP contribution is 2.25. The van der Waals surface area contributed by atoms with Gasteiger partial charge < -0.3 is 10.6 Å². The number of hydrogen-bond acceptors (Lipinski definition) is 4. The van der Waals surface area contributed by atoms with E-state index in [-0.39, 0.29) is 18.4 Å². The van der Waals surface area contributed by atoms with Crippen molar-refractivity contribution in [3.05, 3.63) is 90.1 Å². The van der Waals surface area contributed by atoms with E-state index in [2.05, 4.69) is 15.6 Å². The van der Waals surface area contributed by atoms with E-state index in [1.165, 1.54) is 11.8 Å². The number of rotatable bonds is 7. The van der Waals surface area contributed by atoms with Crippen LogP contribution in [0, 0.1) is 0 Å². The van der Waals surface area contributed by atoms with E-state index < -0.39 is 0 Å². The summed E-state index contributed by atoms with van der Waals surface area (Å²) < 4.78 is 0. The molecule has 0 unspecified atom stereocenters. The molecule has 0 aliphatic rings. The van der Waals surface area contributed by atoms with Crippen LogP contribution >= 0.6 is 11.8 Å². The second-order valence-corrected chi connectivity index (χ2v) is 6.83. The highest BCUT2D eigenvalue weighted by Gasteiger charge is 2.08. The third kappa shape index (κ3) is 5.97. The van der Waals surface area contributed by atoms with Crippen LogP contribution in [0.1, 0.15) is 15.9 Å². The van der Waals surface area contributed by atoms with Crippen molar-refractivity contribution in [2.45, 2.75) is 16.5 Å². The lowest BCUT2D eigenvalue weighted by Gasteiger charge is -2.08.